The van der Waals surface area contributed by atoms with E-state index < -0.39 is 0 Å². The summed E-state index contributed by atoms with van der Waals surface area (Å²) in [6.07, 6.45) is 1.67. The number of anilines is 1. The quantitative estimate of drug-likeness (QED) is 0.928. The van der Waals surface area contributed by atoms with Crippen LogP contribution in [-0.4, -0.2) is 29.9 Å². The Hall–Kier alpha value is -2.36. The normalized spacial score (nSPS) is 10.2. The fraction of sp³-hybridized carbons (Fsp3) is 0.250. The summed E-state index contributed by atoms with van der Waals surface area (Å²) < 4.78 is 0. The van der Waals surface area contributed by atoms with Gasteiger partial charge in [-0.3, -0.25) is 4.79 Å². The van der Waals surface area contributed by atoms with Crippen molar-refractivity contribution in [2.24, 2.45) is 0 Å². The lowest BCUT2D eigenvalue weighted by molar-refractivity contribution is 0.0785. The number of benzene rings is 1. The molecule has 1 aromatic heterocycles. The van der Waals surface area contributed by atoms with Gasteiger partial charge in [0.2, 0.25) is 0 Å². The summed E-state index contributed by atoms with van der Waals surface area (Å²) in [6, 6.07) is 11.6. The summed E-state index contributed by atoms with van der Waals surface area (Å²) in [7, 11) is 3.57. The Morgan fingerprint density at radius 3 is 2.70 bits per heavy atom. The van der Waals surface area contributed by atoms with Crippen molar-refractivity contribution in [1.29, 1.82) is 0 Å². The van der Waals surface area contributed by atoms with E-state index in [1.165, 1.54) is 5.56 Å². The number of amides is 1. The van der Waals surface area contributed by atoms with Crippen molar-refractivity contribution in [3.05, 3.63) is 59.3 Å². The van der Waals surface area contributed by atoms with Crippen LogP contribution in [0.4, 0.5) is 5.82 Å². The van der Waals surface area contributed by atoms with Gasteiger partial charge < -0.3 is 10.2 Å². The first kappa shape index (κ1) is 14.1. The first-order chi connectivity index (χ1) is 9.63. The van der Waals surface area contributed by atoms with Crippen molar-refractivity contribution in [3.63, 3.8) is 0 Å². The molecule has 0 aliphatic heterocycles. The Kier molecular flexibility index (Phi) is 4.35. The van der Waals surface area contributed by atoms with Crippen LogP contribution < -0.4 is 5.32 Å². The van der Waals surface area contributed by atoms with Crippen LogP contribution in [0.25, 0.3) is 0 Å². The lowest BCUT2D eigenvalue weighted by Gasteiger charge is -2.19. The highest BCUT2D eigenvalue weighted by Gasteiger charge is 2.16. The summed E-state index contributed by atoms with van der Waals surface area (Å²) >= 11 is 0. The predicted octanol–water partition coefficient (Wildman–Crippen LogP) is 2.70. The molecule has 1 amide bonds. The molecule has 0 atom stereocenters. The number of hydrogen-bond acceptors (Lipinski definition) is 3. The summed E-state index contributed by atoms with van der Waals surface area (Å²) in [5.74, 6) is 0.569. The zero-order chi connectivity index (χ0) is 14.5. The molecule has 1 N–H and O–H groups in total. The van der Waals surface area contributed by atoms with Gasteiger partial charge >= 0.3 is 0 Å². The molecular formula is C16H19N3O. The second-order valence-electron chi connectivity index (χ2n) is 4.74. The molecule has 0 bridgehead atoms. The Morgan fingerprint density at radius 2 is 2.00 bits per heavy atom. The first-order valence-electron chi connectivity index (χ1n) is 6.56. The molecule has 104 valence electrons. The third-order valence-electron chi connectivity index (χ3n) is 3.29. The van der Waals surface area contributed by atoms with Gasteiger partial charge in [0.25, 0.3) is 5.91 Å². The van der Waals surface area contributed by atoms with E-state index in [0.29, 0.717) is 17.9 Å². The third kappa shape index (κ3) is 2.96. The zero-order valence-electron chi connectivity index (χ0n) is 12.1. The molecule has 0 unspecified atom stereocenters. The number of pyridine rings is 1. The van der Waals surface area contributed by atoms with Crippen LogP contribution in [0.15, 0.2) is 42.6 Å². The third-order valence-corrected chi connectivity index (χ3v) is 3.29. The van der Waals surface area contributed by atoms with Crippen molar-refractivity contribution in [1.82, 2.24) is 9.88 Å². The van der Waals surface area contributed by atoms with E-state index in [4.69, 9.17) is 0 Å². The van der Waals surface area contributed by atoms with E-state index >= 15 is 0 Å². The van der Waals surface area contributed by atoms with Crippen molar-refractivity contribution in [2.75, 3.05) is 19.4 Å². The average molecular weight is 269 g/mol. The van der Waals surface area contributed by atoms with E-state index in [9.17, 15) is 4.79 Å². The van der Waals surface area contributed by atoms with E-state index in [2.05, 4.69) is 23.3 Å². The zero-order valence-corrected chi connectivity index (χ0v) is 12.1. The van der Waals surface area contributed by atoms with Crippen molar-refractivity contribution in [3.8, 4) is 0 Å². The minimum atomic E-state index is -0.0364. The second kappa shape index (κ2) is 6.19. The fourth-order valence-corrected chi connectivity index (χ4v) is 2.10. The lowest BCUT2D eigenvalue weighted by Crippen LogP contribution is -2.27. The number of aromatic nitrogens is 1. The van der Waals surface area contributed by atoms with Gasteiger partial charge in [-0.1, -0.05) is 24.3 Å². The standard InChI is InChI=1S/C16H19N3O/c1-12-7-4-5-8-13(12)11-19(3)16(20)14-9-6-10-18-15(14)17-2/h4-10H,11H2,1-3H3,(H,17,18). The maximum Gasteiger partial charge on any atom is 0.257 e. The number of rotatable bonds is 4. The molecule has 0 aliphatic carbocycles. The van der Waals surface area contributed by atoms with Crippen molar-refractivity contribution in [2.45, 2.75) is 13.5 Å². The second-order valence-corrected chi connectivity index (χ2v) is 4.74. The van der Waals surface area contributed by atoms with Crippen LogP contribution >= 0.6 is 0 Å². The van der Waals surface area contributed by atoms with Gasteiger partial charge in [-0.2, -0.15) is 0 Å². The van der Waals surface area contributed by atoms with Crippen LogP contribution in [0.3, 0.4) is 0 Å². The number of hydrogen-bond donors (Lipinski definition) is 1. The topological polar surface area (TPSA) is 45.2 Å². The van der Waals surface area contributed by atoms with Crippen LogP contribution in [0.1, 0.15) is 21.5 Å². The van der Waals surface area contributed by atoms with Crippen molar-refractivity contribution >= 4 is 11.7 Å². The molecular weight excluding hydrogens is 250 g/mol. The monoisotopic (exact) mass is 269 g/mol. The first-order valence-corrected chi connectivity index (χ1v) is 6.56. The van der Waals surface area contributed by atoms with E-state index in [0.717, 1.165) is 5.56 Å². The Morgan fingerprint density at radius 1 is 1.25 bits per heavy atom. The highest BCUT2D eigenvalue weighted by molar-refractivity contribution is 5.98. The molecule has 0 fully saturated rings. The van der Waals surface area contributed by atoms with Crippen LogP contribution in [-0.2, 0) is 6.54 Å². The summed E-state index contributed by atoms with van der Waals surface area (Å²) in [5, 5.41) is 2.95. The molecule has 1 aromatic carbocycles. The molecule has 0 radical (unpaired) electrons. The fourth-order valence-electron chi connectivity index (χ4n) is 2.10. The minimum absolute atomic E-state index is 0.0364. The number of aryl methyl sites for hydroxylation is 1. The molecule has 20 heavy (non-hydrogen) atoms. The Labute approximate surface area is 119 Å². The maximum absolute atomic E-state index is 12.5. The summed E-state index contributed by atoms with van der Waals surface area (Å²) in [6.45, 7) is 2.64. The summed E-state index contributed by atoms with van der Waals surface area (Å²) in [4.78, 5) is 18.4. The Balaban J connectivity index is 2.19. The highest BCUT2D eigenvalue weighted by atomic mass is 16.2. The lowest BCUT2D eigenvalue weighted by atomic mass is 10.1. The number of carbonyl (C=O) groups is 1. The maximum atomic E-state index is 12.5. The van der Waals surface area contributed by atoms with Gasteiger partial charge in [0, 0.05) is 26.8 Å². The minimum Gasteiger partial charge on any atom is -0.372 e. The van der Waals surface area contributed by atoms with Gasteiger partial charge in [-0.05, 0) is 30.2 Å². The molecule has 1 heterocycles. The van der Waals surface area contributed by atoms with Gasteiger partial charge in [0.1, 0.15) is 5.82 Å². The van der Waals surface area contributed by atoms with Crippen LogP contribution in [0.2, 0.25) is 0 Å². The molecule has 0 saturated heterocycles. The van der Waals surface area contributed by atoms with Gasteiger partial charge in [-0.15, -0.1) is 0 Å². The smallest absolute Gasteiger partial charge is 0.257 e. The SMILES string of the molecule is CNc1ncccc1C(=O)N(C)Cc1ccccc1C. The van der Waals surface area contributed by atoms with Crippen LogP contribution in [0, 0.1) is 6.92 Å². The van der Waals surface area contributed by atoms with Crippen LogP contribution in [0.5, 0.6) is 0 Å². The molecule has 0 saturated carbocycles. The number of carbonyl (C=O) groups excluding carboxylic acids is 1. The van der Waals surface area contributed by atoms with Gasteiger partial charge in [0.05, 0.1) is 5.56 Å². The molecule has 4 nitrogen and oxygen atoms in total. The molecule has 2 aromatic rings. The summed E-state index contributed by atoms with van der Waals surface area (Å²) in [5.41, 5.74) is 2.93. The number of nitrogens with zero attached hydrogens (tertiary/aromatic N) is 2. The molecule has 0 spiro atoms. The van der Waals surface area contributed by atoms with E-state index in [1.54, 1.807) is 37.3 Å². The van der Waals surface area contributed by atoms with Gasteiger partial charge in [0.15, 0.2) is 0 Å². The molecule has 4 heteroatoms. The van der Waals surface area contributed by atoms with E-state index in [1.807, 2.05) is 18.2 Å². The molecule has 2 rings (SSSR count). The average Bonchev–Trinajstić information content (AvgIpc) is 2.48. The molecule has 0 aliphatic rings. The van der Waals surface area contributed by atoms with Gasteiger partial charge in [-0.25, -0.2) is 4.98 Å². The highest BCUT2D eigenvalue weighted by Crippen LogP contribution is 2.16. The number of nitrogens with one attached hydrogen (secondary N) is 1. The Bertz CT molecular complexity index is 610. The van der Waals surface area contributed by atoms with Crippen molar-refractivity contribution < 1.29 is 4.79 Å². The largest absolute Gasteiger partial charge is 0.372 e. The predicted molar refractivity (Wildman–Crippen MR) is 80.8 cm³/mol. The van der Waals surface area contributed by atoms with E-state index in [-0.39, 0.29) is 5.91 Å².